The van der Waals surface area contributed by atoms with E-state index in [0.717, 1.165) is 5.56 Å². The average molecular weight is 410 g/mol. The molecule has 0 unspecified atom stereocenters. The van der Waals surface area contributed by atoms with Crippen molar-refractivity contribution in [2.24, 2.45) is 0 Å². The first-order chi connectivity index (χ1) is 14.4. The molecule has 2 aromatic carbocycles. The molecule has 0 atom stereocenters. The molecule has 3 rings (SSSR count). The molecule has 1 N–H and O–H groups in total. The molecule has 1 aliphatic heterocycles. The maximum atomic E-state index is 12.1. The van der Waals surface area contributed by atoms with E-state index in [1.165, 1.54) is 11.0 Å². The van der Waals surface area contributed by atoms with Crippen LogP contribution in [0.25, 0.3) is 6.08 Å². The first-order valence-electron chi connectivity index (χ1n) is 9.31. The SMILES string of the molecule is COc1cc(C=CC(=O)Oc2ccc(N3CC(=O)NC3=O)cc2)ccc1OC(C)C. The Kier molecular flexibility index (Phi) is 6.36. The van der Waals surface area contributed by atoms with Crippen molar-refractivity contribution in [3.63, 3.8) is 0 Å². The Balaban J connectivity index is 1.62. The monoisotopic (exact) mass is 410 g/mol. The van der Waals surface area contributed by atoms with Gasteiger partial charge in [-0.15, -0.1) is 0 Å². The van der Waals surface area contributed by atoms with E-state index in [1.54, 1.807) is 55.7 Å². The van der Waals surface area contributed by atoms with Crippen molar-refractivity contribution in [1.82, 2.24) is 5.32 Å². The summed E-state index contributed by atoms with van der Waals surface area (Å²) < 4.78 is 16.3. The summed E-state index contributed by atoms with van der Waals surface area (Å²) >= 11 is 0. The fraction of sp³-hybridized carbons (Fsp3) is 0.227. The van der Waals surface area contributed by atoms with Crippen LogP contribution in [-0.2, 0) is 9.59 Å². The highest BCUT2D eigenvalue weighted by Crippen LogP contribution is 2.29. The minimum Gasteiger partial charge on any atom is -0.493 e. The molecule has 2 aromatic rings. The lowest BCUT2D eigenvalue weighted by molar-refractivity contribution is -0.128. The van der Waals surface area contributed by atoms with Crippen LogP contribution in [0.5, 0.6) is 17.2 Å². The number of anilines is 1. The minimum atomic E-state index is -0.557. The number of hydrogen-bond acceptors (Lipinski definition) is 6. The predicted octanol–water partition coefficient (Wildman–Crippen LogP) is 3.16. The molecular formula is C22H22N2O6. The summed E-state index contributed by atoms with van der Waals surface area (Å²) in [5.74, 6) is 0.594. The van der Waals surface area contributed by atoms with E-state index in [4.69, 9.17) is 14.2 Å². The Morgan fingerprint density at radius 2 is 1.83 bits per heavy atom. The topological polar surface area (TPSA) is 94.2 Å². The highest BCUT2D eigenvalue weighted by molar-refractivity contribution is 6.12. The minimum absolute atomic E-state index is 0.0157. The first kappa shape index (κ1) is 20.9. The number of imide groups is 1. The third-order valence-electron chi connectivity index (χ3n) is 4.12. The average Bonchev–Trinajstić information content (AvgIpc) is 3.05. The molecule has 0 aromatic heterocycles. The van der Waals surface area contributed by atoms with Gasteiger partial charge in [0.15, 0.2) is 11.5 Å². The van der Waals surface area contributed by atoms with Crippen LogP contribution in [0.1, 0.15) is 19.4 Å². The summed E-state index contributed by atoms with van der Waals surface area (Å²) in [7, 11) is 1.55. The van der Waals surface area contributed by atoms with Gasteiger partial charge in [-0.1, -0.05) is 6.07 Å². The second-order valence-corrected chi connectivity index (χ2v) is 6.76. The highest BCUT2D eigenvalue weighted by atomic mass is 16.5. The van der Waals surface area contributed by atoms with Crippen molar-refractivity contribution < 1.29 is 28.6 Å². The van der Waals surface area contributed by atoms with Gasteiger partial charge in [-0.2, -0.15) is 0 Å². The van der Waals surface area contributed by atoms with Crippen molar-refractivity contribution in [2.45, 2.75) is 20.0 Å². The zero-order valence-electron chi connectivity index (χ0n) is 16.9. The van der Waals surface area contributed by atoms with Crippen molar-refractivity contribution in [3.05, 3.63) is 54.1 Å². The lowest BCUT2D eigenvalue weighted by Gasteiger charge is -2.13. The quantitative estimate of drug-likeness (QED) is 0.326. The summed E-state index contributed by atoms with van der Waals surface area (Å²) in [6, 6.07) is 11.2. The second-order valence-electron chi connectivity index (χ2n) is 6.76. The largest absolute Gasteiger partial charge is 0.493 e. The number of ether oxygens (including phenoxy) is 3. The van der Waals surface area contributed by atoms with Crippen LogP contribution in [0.15, 0.2) is 48.5 Å². The van der Waals surface area contributed by atoms with E-state index in [1.807, 2.05) is 13.8 Å². The number of hydrogen-bond donors (Lipinski definition) is 1. The number of carbonyl (C=O) groups excluding carboxylic acids is 3. The Morgan fingerprint density at radius 1 is 1.10 bits per heavy atom. The van der Waals surface area contributed by atoms with Crippen molar-refractivity contribution in [3.8, 4) is 17.2 Å². The van der Waals surface area contributed by atoms with Gasteiger partial charge in [0.05, 0.1) is 13.2 Å². The van der Waals surface area contributed by atoms with Gasteiger partial charge in [-0.25, -0.2) is 9.59 Å². The molecule has 0 bridgehead atoms. The zero-order chi connectivity index (χ0) is 21.7. The third kappa shape index (κ3) is 5.16. The number of carbonyl (C=O) groups is 3. The fourth-order valence-corrected chi connectivity index (χ4v) is 2.80. The molecule has 0 spiro atoms. The molecule has 1 aliphatic rings. The van der Waals surface area contributed by atoms with Gasteiger partial charge >= 0.3 is 12.0 Å². The third-order valence-corrected chi connectivity index (χ3v) is 4.12. The van der Waals surface area contributed by atoms with E-state index < -0.39 is 12.0 Å². The maximum Gasteiger partial charge on any atom is 0.336 e. The molecule has 1 saturated heterocycles. The number of nitrogens with one attached hydrogen (secondary N) is 1. The number of benzene rings is 2. The fourth-order valence-electron chi connectivity index (χ4n) is 2.80. The number of urea groups is 1. The number of amides is 3. The summed E-state index contributed by atoms with van der Waals surface area (Å²) in [6.45, 7) is 3.82. The first-order valence-corrected chi connectivity index (χ1v) is 9.31. The Labute approximate surface area is 174 Å². The molecule has 0 radical (unpaired) electrons. The molecule has 30 heavy (non-hydrogen) atoms. The van der Waals surface area contributed by atoms with Crippen molar-refractivity contribution in [1.29, 1.82) is 0 Å². The van der Waals surface area contributed by atoms with Crippen LogP contribution >= 0.6 is 0 Å². The van der Waals surface area contributed by atoms with E-state index in [2.05, 4.69) is 5.32 Å². The smallest absolute Gasteiger partial charge is 0.336 e. The van der Waals surface area contributed by atoms with Crippen LogP contribution in [0.2, 0.25) is 0 Å². The van der Waals surface area contributed by atoms with Crippen LogP contribution in [0.4, 0.5) is 10.5 Å². The van der Waals surface area contributed by atoms with Crippen LogP contribution in [-0.4, -0.2) is 37.7 Å². The van der Waals surface area contributed by atoms with Crippen molar-refractivity contribution in [2.75, 3.05) is 18.6 Å². The number of rotatable bonds is 7. The molecule has 8 heteroatoms. The molecule has 0 aliphatic carbocycles. The van der Waals surface area contributed by atoms with E-state index in [0.29, 0.717) is 22.9 Å². The van der Waals surface area contributed by atoms with Crippen LogP contribution in [0, 0.1) is 0 Å². The Bertz CT molecular complexity index is 982. The van der Waals surface area contributed by atoms with Crippen LogP contribution < -0.4 is 24.4 Å². The highest BCUT2D eigenvalue weighted by Gasteiger charge is 2.27. The Hall–Kier alpha value is -3.81. The van der Waals surface area contributed by atoms with Gasteiger partial charge in [0.1, 0.15) is 12.3 Å². The lowest BCUT2D eigenvalue weighted by atomic mass is 10.2. The van der Waals surface area contributed by atoms with E-state index in [-0.39, 0.29) is 18.6 Å². The summed E-state index contributed by atoms with van der Waals surface area (Å²) in [6.07, 6.45) is 2.93. The van der Waals surface area contributed by atoms with Crippen molar-refractivity contribution >= 4 is 29.7 Å². The standard InChI is InChI=1S/C22H22N2O6/c1-14(2)29-18-10-4-15(12-19(18)28-3)5-11-21(26)30-17-8-6-16(7-9-17)24-13-20(25)23-22(24)27/h4-12,14H,13H2,1-3H3,(H,23,25,27). The van der Waals surface area contributed by atoms with Gasteiger partial charge in [-0.05, 0) is 61.9 Å². The zero-order valence-corrected chi connectivity index (χ0v) is 16.9. The molecular weight excluding hydrogens is 388 g/mol. The van der Waals surface area contributed by atoms with Gasteiger partial charge in [-0.3, -0.25) is 15.0 Å². The molecule has 1 fully saturated rings. The summed E-state index contributed by atoms with van der Waals surface area (Å²) in [5, 5.41) is 2.20. The lowest BCUT2D eigenvalue weighted by Crippen LogP contribution is -2.27. The van der Waals surface area contributed by atoms with Crippen LogP contribution in [0.3, 0.4) is 0 Å². The number of esters is 1. The second kappa shape index (κ2) is 9.13. The molecule has 1 heterocycles. The van der Waals surface area contributed by atoms with Gasteiger partial charge in [0.2, 0.25) is 5.91 Å². The molecule has 0 saturated carbocycles. The maximum absolute atomic E-state index is 12.1. The molecule has 8 nitrogen and oxygen atoms in total. The normalized spacial score (nSPS) is 13.7. The van der Waals surface area contributed by atoms with Gasteiger partial charge in [0, 0.05) is 11.8 Å². The Morgan fingerprint density at radius 3 is 2.43 bits per heavy atom. The molecule has 3 amide bonds. The van der Waals surface area contributed by atoms with E-state index >= 15 is 0 Å². The summed E-state index contributed by atoms with van der Waals surface area (Å²) in [5.41, 5.74) is 1.28. The number of methoxy groups -OCH3 is 1. The van der Waals surface area contributed by atoms with Gasteiger partial charge in [0.25, 0.3) is 0 Å². The number of nitrogens with zero attached hydrogens (tertiary/aromatic N) is 1. The van der Waals surface area contributed by atoms with Gasteiger partial charge < -0.3 is 14.2 Å². The summed E-state index contributed by atoms with van der Waals surface area (Å²) in [4.78, 5) is 36.4. The molecule has 156 valence electrons. The predicted molar refractivity (Wildman–Crippen MR) is 111 cm³/mol. The van der Waals surface area contributed by atoms with E-state index in [9.17, 15) is 14.4 Å².